The normalized spacial score (nSPS) is 17.6. The molecule has 0 saturated carbocycles. The first-order chi connectivity index (χ1) is 12.7. The Morgan fingerprint density at radius 1 is 1.04 bits per heavy atom. The van der Waals surface area contributed by atoms with Gasteiger partial charge >= 0.3 is 13.1 Å². The molecule has 3 rings (SSSR count). The van der Waals surface area contributed by atoms with Gasteiger partial charge in [-0.25, -0.2) is 9.18 Å². The maximum atomic E-state index is 12.9. The molecule has 0 atom stereocenters. The molecule has 2 aromatic rings. The van der Waals surface area contributed by atoms with Crippen LogP contribution in [-0.2, 0) is 15.9 Å². The number of carbonyl (C=O) groups is 1. The predicted octanol–water partition coefficient (Wildman–Crippen LogP) is 3.45. The highest BCUT2D eigenvalue weighted by Crippen LogP contribution is 2.36. The fourth-order valence-electron chi connectivity index (χ4n) is 2.70. The predicted molar refractivity (Wildman–Crippen MR) is 104 cm³/mol. The largest absolute Gasteiger partial charge is 0.494 e. The average molecular weight is 370 g/mol. The molecular weight excluding hydrogens is 346 g/mol. The van der Waals surface area contributed by atoms with Crippen molar-refractivity contribution in [1.82, 2.24) is 5.32 Å². The minimum absolute atomic E-state index is 0.303. The molecule has 1 aliphatic heterocycles. The van der Waals surface area contributed by atoms with Gasteiger partial charge in [-0.3, -0.25) is 0 Å². The number of urea groups is 1. The molecule has 0 unspecified atom stereocenters. The molecule has 0 radical (unpaired) electrons. The zero-order valence-electron chi connectivity index (χ0n) is 16.0. The summed E-state index contributed by atoms with van der Waals surface area (Å²) in [6.45, 7) is 8.30. The van der Waals surface area contributed by atoms with Crippen molar-refractivity contribution in [2.75, 3.05) is 5.32 Å². The monoisotopic (exact) mass is 370 g/mol. The Balaban J connectivity index is 1.61. The molecule has 0 bridgehead atoms. The maximum Gasteiger partial charge on any atom is 0.494 e. The minimum atomic E-state index is -0.487. The number of halogens is 1. The van der Waals surface area contributed by atoms with E-state index in [9.17, 15) is 9.18 Å². The van der Waals surface area contributed by atoms with Crippen molar-refractivity contribution >= 4 is 24.3 Å². The quantitative estimate of drug-likeness (QED) is 0.811. The van der Waals surface area contributed by atoms with Crippen molar-refractivity contribution in [2.45, 2.75) is 45.4 Å². The van der Waals surface area contributed by atoms with Gasteiger partial charge in [-0.15, -0.1) is 0 Å². The van der Waals surface area contributed by atoms with Crippen molar-refractivity contribution in [3.05, 3.63) is 59.9 Å². The lowest BCUT2D eigenvalue weighted by molar-refractivity contribution is 0.00578. The number of amides is 2. The fourth-order valence-corrected chi connectivity index (χ4v) is 2.70. The first-order valence-corrected chi connectivity index (χ1v) is 8.91. The molecule has 1 saturated heterocycles. The Morgan fingerprint density at radius 2 is 1.67 bits per heavy atom. The molecule has 5 nitrogen and oxygen atoms in total. The zero-order chi connectivity index (χ0) is 19.7. The fraction of sp³-hybridized carbons (Fsp3) is 0.350. The van der Waals surface area contributed by atoms with E-state index < -0.39 is 18.3 Å². The second-order valence-electron chi connectivity index (χ2n) is 7.65. The summed E-state index contributed by atoms with van der Waals surface area (Å²) in [5.74, 6) is -0.303. The van der Waals surface area contributed by atoms with Crippen LogP contribution in [0.15, 0.2) is 48.5 Å². The molecule has 1 aliphatic rings. The third kappa shape index (κ3) is 4.49. The number of hydrogen-bond acceptors (Lipinski definition) is 3. The smallest absolute Gasteiger partial charge is 0.399 e. The van der Waals surface area contributed by atoms with Gasteiger partial charge in [0.15, 0.2) is 0 Å². The maximum absolute atomic E-state index is 12.9. The highest BCUT2D eigenvalue weighted by Gasteiger charge is 2.51. The van der Waals surface area contributed by atoms with E-state index in [1.54, 1.807) is 18.2 Å². The van der Waals surface area contributed by atoms with Crippen molar-refractivity contribution < 1.29 is 18.5 Å². The summed E-state index contributed by atoms with van der Waals surface area (Å²) in [4.78, 5) is 12.1. The Kier molecular flexibility index (Phi) is 5.26. The van der Waals surface area contributed by atoms with E-state index in [2.05, 4.69) is 10.6 Å². The molecule has 142 valence electrons. The number of rotatable bonds is 4. The van der Waals surface area contributed by atoms with Crippen LogP contribution in [0.3, 0.4) is 0 Å². The summed E-state index contributed by atoms with van der Waals surface area (Å²) in [6.07, 6.45) is 0. The minimum Gasteiger partial charge on any atom is -0.399 e. The number of carbonyl (C=O) groups excluding carboxylic acids is 1. The van der Waals surface area contributed by atoms with Crippen molar-refractivity contribution in [1.29, 1.82) is 0 Å². The summed E-state index contributed by atoms with van der Waals surface area (Å²) < 4.78 is 25.0. The highest BCUT2D eigenvalue weighted by molar-refractivity contribution is 6.62. The van der Waals surface area contributed by atoms with E-state index in [0.717, 1.165) is 11.0 Å². The van der Waals surface area contributed by atoms with Crippen LogP contribution in [0, 0.1) is 5.82 Å². The van der Waals surface area contributed by atoms with Gasteiger partial charge in [-0.2, -0.15) is 0 Å². The number of anilines is 1. The highest BCUT2D eigenvalue weighted by atomic mass is 19.1. The number of hydrogen-bond donors (Lipinski definition) is 2. The lowest BCUT2D eigenvalue weighted by Crippen LogP contribution is -2.41. The topological polar surface area (TPSA) is 59.6 Å². The summed E-state index contributed by atoms with van der Waals surface area (Å²) in [6, 6.07) is 13.0. The van der Waals surface area contributed by atoms with Crippen molar-refractivity contribution in [3.8, 4) is 0 Å². The molecular formula is C20H24BFN2O3. The molecule has 1 fully saturated rings. The Bertz CT molecular complexity index is 808. The number of nitrogens with one attached hydrogen (secondary N) is 2. The van der Waals surface area contributed by atoms with Gasteiger partial charge < -0.3 is 19.9 Å². The standard InChI is InChI=1S/C20H24BFN2O3/c1-19(2)20(3,4)27-21(26-19)15-6-5-7-17(12-15)24-18(25)23-13-14-8-10-16(22)11-9-14/h5-12H,13H2,1-4H3,(H2,23,24,25). The lowest BCUT2D eigenvalue weighted by atomic mass is 9.79. The van der Waals surface area contributed by atoms with Crippen LogP contribution in [0.5, 0.6) is 0 Å². The number of benzene rings is 2. The van der Waals surface area contributed by atoms with Gasteiger partial charge in [0.2, 0.25) is 0 Å². The van der Waals surface area contributed by atoms with Crippen LogP contribution in [0.25, 0.3) is 0 Å². The lowest BCUT2D eigenvalue weighted by Gasteiger charge is -2.32. The SMILES string of the molecule is CC1(C)OB(c2cccc(NC(=O)NCc3ccc(F)cc3)c2)OC1(C)C. The van der Waals surface area contributed by atoms with Gasteiger partial charge in [0.25, 0.3) is 0 Å². The van der Waals surface area contributed by atoms with E-state index in [4.69, 9.17) is 9.31 Å². The molecule has 2 amide bonds. The van der Waals surface area contributed by atoms with Crippen LogP contribution in [0.2, 0.25) is 0 Å². The van der Waals surface area contributed by atoms with Gasteiger partial charge in [-0.05, 0) is 63.0 Å². The van der Waals surface area contributed by atoms with Gasteiger partial charge in [0.1, 0.15) is 5.82 Å². The second-order valence-corrected chi connectivity index (χ2v) is 7.65. The van der Waals surface area contributed by atoms with Crippen LogP contribution >= 0.6 is 0 Å². The van der Waals surface area contributed by atoms with E-state index in [1.165, 1.54) is 12.1 Å². The van der Waals surface area contributed by atoms with E-state index in [-0.39, 0.29) is 11.8 Å². The Labute approximate surface area is 159 Å². The molecule has 2 N–H and O–H groups in total. The van der Waals surface area contributed by atoms with Crippen molar-refractivity contribution in [2.24, 2.45) is 0 Å². The van der Waals surface area contributed by atoms with Crippen LogP contribution in [-0.4, -0.2) is 24.4 Å². The third-order valence-corrected chi connectivity index (χ3v) is 5.04. The summed E-state index contributed by atoms with van der Waals surface area (Å²) in [5, 5.41) is 5.54. The average Bonchev–Trinajstić information content (AvgIpc) is 2.82. The molecule has 27 heavy (non-hydrogen) atoms. The second kappa shape index (κ2) is 7.33. The van der Waals surface area contributed by atoms with Crippen LogP contribution < -0.4 is 16.1 Å². The Morgan fingerprint density at radius 3 is 2.30 bits per heavy atom. The summed E-state index contributed by atoms with van der Waals surface area (Å²) in [5.41, 5.74) is 1.45. The van der Waals surface area contributed by atoms with Gasteiger partial charge in [0, 0.05) is 12.2 Å². The summed E-state index contributed by atoms with van der Waals surface area (Å²) >= 11 is 0. The Hall–Kier alpha value is -2.38. The van der Waals surface area contributed by atoms with Crippen LogP contribution in [0.4, 0.5) is 14.9 Å². The zero-order valence-corrected chi connectivity index (χ0v) is 16.0. The first-order valence-electron chi connectivity index (χ1n) is 8.91. The molecule has 0 spiro atoms. The summed E-state index contributed by atoms with van der Waals surface area (Å²) in [7, 11) is -0.487. The first kappa shape index (κ1) is 19.4. The van der Waals surface area contributed by atoms with E-state index in [0.29, 0.717) is 12.2 Å². The van der Waals surface area contributed by atoms with Crippen LogP contribution in [0.1, 0.15) is 33.3 Å². The van der Waals surface area contributed by atoms with Gasteiger partial charge in [0.05, 0.1) is 11.2 Å². The van der Waals surface area contributed by atoms with Crippen molar-refractivity contribution in [3.63, 3.8) is 0 Å². The van der Waals surface area contributed by atoms with E-state index >= 15 is 0 Å². The molecule has 0 aromatic heterocycles. The molecule has 2 aromatic carbocycles. The molecule has 1 heterocycles. The molecule has 0 aliphatic carbocycles. The van der Waals surface area contributed by atoms with E-state index in [1.807, 2.05) is 45.9 Å². The van der Waals surface area contributed by atoms with Gasteiger partial charge in [-0.1, -0.05) is 24.3 Å². The third-order valence-electron chi connectivity index (χ3n) is 5.04. The molecule has 7 heteroatoms.